The van der Waals surface area contributed by atoms with Gasteiger partial charge in [-0.25, -0.2) is 4.98 Å². The Labute approximate surface area is 245 Å². The number of hydrogen-bond acceptors (Lipinski definition) is 6. The molecule has 0 atom stereocenters. The summed E-state index contributed by atoms with van der Waals surface area (Å²) in [7, 11) is 0. The minimum atomic E-state index is 0.0281. The molecule has 0 aliphatic carbocycles. The van der Waals surface area contributed by atoms with Crippen LogP contribution in [-0.4, -0.2) is 56.5 Å². The van der Waals surface area contributed by atoms with E-state index in [9.17, 15) is 4.79 Å². The van der Waals surface area contributed by atoms with Crippen LogP contribution < -0.4 is 10.2 Å². The van der Waals surface area contributed by atoms with Crippen LogP contribution in [0.1, 0.15) is 21.5 Å². The summed E-state index contributed by atoms with van der Waals surface area (Å²) < 4.78 is 2.94. The molecule has 6 rings (SSSR count). The van der Waals surface area contributed by atoms with Crippen LogP contribution in [0.5, 0.6) is 0 Å². The first kappa shape index (κ1) is 26.3. The normalized spacial score (nSPS) is 13.6. The van der Waals surface area contributed by atoms with E-state index in [4.69, 9.17) is 21.6 Å². The van der Waals surface area contributed by atoms with Crippen molar-refractivity contribution in [1.29, 1.82) is 0 Å². The van der Waals surface area contributed by atoms with Gasteiger partial charge in [-0.3, -0.25) is 4.79 Å². The van der Waals surface area contributed by atoms with Crippen molar-refractivity contribution < 1.29 is 4.79 Å². The largest absolute Gasteiger partial charge is 0.364 e. The molecule has 10 heteroatoms. The highest BCUT2D eigenvalue weighted by Crippen LogP contribution is 2.26. The van der Waals surface area contributed by atoms with Crippen molar-refractivity contribution in [2.75, 3.05) is 36.4 Å². The Hall–Kier alpha value is -3.95. The molecule has 202 valence electrons. The summed E-state index contributed by atoms with van der Waals surface area (Å²) in [4.78, 5) is 31.6. The van der Waals surface area contributed by atoms with Crippen molar-refractivity contribution in [1.82, 2.24) is 24.4 Å². The summed E-state index contributed by atoms with van der Waals surface area (Å²) in [6.07, 6.45) is 1.81. The van der Waals surface area contributed by atoms with Gasteiger partial charge in [0.2, 0.25) is 5.95 Å². The number of rotatable bonds is 7. The lowest BCUT2D eigenvalue weighted by Crippen LogP contribution is -2.49. The maximum absolute atomic E-state index is 13.1. The third-order valence-electron chi connectivity index (χ3n) is 6.97. The predicted molar refractivity (Wildman–Crippen MR) is 162 cm³/mol. The Morgan fingerprint density at radius 3 is 2.48 bits per heavy atom. The van der Waals surface area contributed by atoms with E-state index in [1.165, 1.54) is 0 Å². The standard InChI is InChI=1S/C30H27BrClN7O/c31-24-11-6-10-22(17-24)29(40)37-13-15-38(16-14-37)30-35-27(33-18-23-9-4-5-12-25(23)32)26-28(36-30)39(20-34-26)19-21-7-2-1-3-8-21/h1-12,17,20H,13-16,18-19H2,(H,33,35,36). The molecule has 1 fully saturated rings. The Kier molecular flexibility index (Phi) is 7.66. The lowest BCUT2D eigenvalue weighted by Gasteiger charge is -2.35. The molecule has 40 heavy (non-hydrogen) atoms. The second kappa shape index (κ2) is 11.7. The smallest absolute Gasteiger partial charge is 0.254 e. The minimum absolute atomic E-state index is 0.0281. The lowest BCUT2D eigenvalue weighted by atomic mass is 10.2. The third-order valence-corrected chi connectivity index (χ3v) is 7.84. The van der Waals surface area contributed by atoms with Crippen molar-refractivity contribution >= 4 is 56.4 Å². The highest BCUT2D eigenvalue weighted by molar-refractivity contribution is 9.10. The first-order valence-corrected chi connectivity index (χ1v) is 14.3. The molecule has 5 aromatic rings. The van der Waals surface area contributed by atoms with Crippen LogP contribution in [0.4, 0.5) is 11.8 Å². The third kappa shape index (κ3) is 5.66. The first-order chi connectivity index (χ1) is 19.5. The summed E-state index contributed by atoms with van der Waals surface area (Å²) in [5, 5.41) is 4.14. The topological polar surface area (TPSA) is 79.2 Å². The van der Waals surface area contributed by atoms with E-state index in [1.807, 2.05) is 82.5 Å². The number of carbonyl (C=O) groups is 1. The number of carbonyl (C=O) groups excluding carboxylic acids is 1. The number of aromatic nitrogens is 4. The van der Waals surface area contributed by atoms with Gasteiger partial charge in [-0.15, -0.1) is 0 Å². The number of benzene rings is 3. The maximum Gasteiger partial charge on any atom is 0.254 e. The molecule has 1 aliphatic heterocycles. The molecular weight excluding hydrogens is 590 g/mol. The number of nitrogens with zero attached hydrogens (tertiary/aromatic N) is 6. The molecule has 1 N–H and O–H groups in total. The lowest BCUT2D eigenvalue weighted by molar-refractivity contribution is 0.0746. The summed E-state index contributed by atoms with van der Waals surface area (Å²) >= 11 is 9.87. The number of piperazine rings is 1. The number of imidazole rings is 1. The Balaban J connectivity index is 1.27. The van der Waals surface area contributed by atoms with E-state index in [0.717, 1.165) is 21.2 Å². The number of nitrogens with one attached hydrogen (secondary N) is 1. The van der Waals surface area contributed by atoms with E-state index in [-0.39, 0.29) is 5.91 Å². The first-order valence-electron chi connectivity index (χ1n) is 13.1. The molecule has 0 spiro atoms. The minimum Gasteiger partial charge on any atom is -0.364 e. The van der Waals surface area contributed by atoms with Gasteiger partial charge in [-0.05, 0) is 35.4 Å². The van der Waals surface area contributed by atoms with Gasteiger partial charge in [0.05, 0.1) is 12.9 Å². The Morgan fingerprint density at radius 1 is 0.925 bits per heavy atom. The van der Waals surface area contributed by atoms with Gasteiger partial charge in [0, 0.05) is 47.8 Å². The van der Waals surface area contributed by atoms with Crippen molar-refractivity contribution in [3.63, 3.8) is 0 Å². The van der Waals surface area contributed by atoms with Crippen molar-refractivity contribution in [3.8, 4) is 0 Å². The van der Waals surface area contributed by atoms with E-state index in [1.54, 1.807) is 0 Å². The highest BCUT2D eigenvalue weighted by atomic mass is 79.9. The van der Waals surface area contributed by atoms with E-state index < -0.39 is 0 Å². The fourth-order valence-corrected chi connectivity index (χ4v) is 5.43. The molecule has 0 bridgehead atoms. The molecule has 8 nitrogen and oxygen atoms in total. The maximum atomic E-state index is 13.1. The molecular formula is C30H27BrClN7O. The summed E-state index contributed by atoms with van der Waals surface area (Å²) in [6, 6.07) is 25.5. The van der Waals surface area contributed by atoms with Crippen LogP contribution in [0.15, 0.2) is 89.7 Å². The molecule has 1 saturated heterocycles. The quantitative estimate of drug-likeness (QED) is 0.247. The number of halogens is 2. The second-order valence-corrected chi connectivity index (χ2v) is 11.0. The van der Waals surface area contributed by atoms with Gasteiger partial charge in [0.15, 0.2) is 17.0 Å². The SMILES string of the molecule is O=C(c1cccc(Br)c1)N1CCN(c2nc(NCc3ccccc3Cl)c3ncn(Cc4ccccc4)c3n2)CC1. The number of anilines is 2. The van der Waals surface area contributed by atoms with Crippen molar-refractivity contribution in [2.45, 2.75) is 13.1 Å². The van der Waals surface area contributed by atoms with E-state index in [2.05, 4.69) is 43.3 Å². The van der Waals surface area contributed by atoms with Crippen LogP contribution in [0.25, 0.3) is 11.2 Å². The summed E-state index contributed by atoms with van der Waals surface area (Å²) in [5.41, 5.74) is 4.27. The van der Waals surface area contributed by atoms with Crippen LogP contribution in [-0.2, 0) is 13.1 Å². The van der Waals surface area contributed by atoms with Crippen molar-refractivity contribution in [2.24, 2.45) is 0 Å². The number of amides is 1. The van der Waals surface area contributed by atoms with Crippen LogP contribution >= 0.6 is 27.5 Å². The average molecular weight is 617 g/mol. The fraction of sp³-hybridized carbons (Fsp3) is 0.200. The molecule has 0 unspecified atom stereocenters. The zero-order chi connectivity index (χ0) is 27.5. The molecule has 3 aromatic carbocycles. The molecule has 3 heterocycles. The van der Waals surface area contributed by atoms with E-state index >= 15 is 0 Å². The highest BCUT2D eigenvalue weighted by Gasteiger charge is 2.25. The summed E-state index contributed by atoms with van der Waals surface area (Å²) in [6.45, 7) is 3.57. The van der Waals surface area contributed by atoms with Crippen LogP contribution in [0.2, 0.25) is 5.02 Å². The molecule has 1 aliphatic rings. The molecule has 2 aromatic heterocycles. The van der Waals surface area contributed by atoms with Gasteiger partial charge >= 0.3 is 0 Å². The van der Waals surface area contributed by atoms with Crippen LogP contribution in [0.3, 0.4) is 0 Å². The van der Waals surface area contributed by atoms with Gasteiger partial charge in [-0.2, -0.15) is 9.97 Å². The van der Waals surface area contributed by atoms with Crippen LogP contribution in [0, 0.1) is 0 Å². The number of hydrogen-bond donors (Lipinski definition) is 1. The molecule has 1 amide bonds. The Bertz CT molecular complexity index is 1650. The molecule has 0 radical (unpaired) electrons. The molecule has 0 saturated carbocycles. The van der Waals surface area contributed by atoms with Gasteiger partial charge in [-0.1, -0.05) is 82.1 Å². The van der Waals surface area contributed by atoms with Gasteiger partial charge < -0.3 is 19.7 Å². The predicted octanol–water partition coefficient (Wildman–Crippen LogP) is 5.87. The fourth-order valence-electron chi connectivity index (χ4n) is 4.83. The number of fused-ring (bicyclic) bond motifs is 1. The Morgan fingerprint density at radius 2 is 1.70 bits per heavy atom. The van der Waals surface area contributed by atoms with E-state index in [0.29, 0.717) is 67.1 Å². The monoisotopic (exact) mass is 615 g/mol. The van der Waals surface area contributed by atoms with Gasteiger partial charge in [0.25, 0.3) is 5.91 Å². The summed E-state index contributed by atoms with van der Waals surface area (Å²) in [5.74, 6) is 1.29. The zero-order valence-corrected chi connectivity index (χ0v) is 24.0. The zero-order valence-electron chi connectivity index (χ0n) is 21.7. The second-order valence-electron chi connectivity index (χ2n) is 9.64. The van der Waals surface area contributed by atoms with Crippen molar-refractivity contribution in [3.05, 3.63) is 111 Å². The van der Waals surface area contributed by atoms with Gasteiger partial charge in [0.1, 0.15) is 0 Å². The average Bonchev–Trinajstić information content (AvgIpc) is 3.39.